The Bertz CT molecular complexity index is 1490. The van der Waals surface area contributed by atoms with E-state index in [0.29, 0.717) is 44.1 Å². The van der Waals surface area contributed by atoms with Crippen LogP contribution in [0.15, 0.2) is 83.2 Å². The van der Waals surface area contributed by atoms with Crippen LogP contribution in [0.1, 0.15) is 55.6 Å². The molecule has 6 heteroatoms. The van der Waals surface area contributed by atoms with E-state index in [-0.39, 0.29) is 17.5 Å². The Morgan fingerprint density at radius 3 is 2.20 bits per heavy atom. The number of rotatable bonds is 8. The van der Waals surface area contributed by atoms with Crippen LogP contribution in [-0.2, 0) is 20.9 Å². The first kappa shape index (κ1) is 26.3. The third-order valence-corrected chi connectivity index (χ3v) is 8.39. The van der Waals surface area contributed by atoms with Crippen LogP contribution in [0, 0.1) is 0 Å². The number of hydrogen-bond donors (Lipinski definition) is 0. The van der Waals surface area contributed by atoms with Gasteiger partial charge < -0.3 is 19.1 Å². The average molecular weight is 538 g/mol. The number of ketones is 2. The number of carbonyl (C=O) groups is 2. The van der Waals surface area contributed by atoms with Gasteiger partial charge in [0.25, 0.3) is 0 Å². The monoisotopic (exact) mass is 537 g/mol. The van der Waals surface area contributed by atoms with Gasteiger partial charge in [0, 0.05) is 55.0 Å². The lowest BCUT2D eigenvalue weighted by molar-refractivity contribution is -0.117. The van der Waals surface area contributed by atoms with Crippen molar-refractivity contribution in [2.45, 2.75) is 51.0 Å². The molecule has 2 aliphatic carbocycles. The summed E-state index contributed by atoms with van der Waals surface area (Å²) in [5.41, 5.74) is 5.64. The van der Waals surface area contributed by atoms with Crippen LogP contribution < -0.4 is 9.47 Å². The number of allylic oxidation sites excluding steroid dienone is 4. The molecule has 1 heterocycles. The molecule has 0 atom stereocenters. The van der Waals surface area contributed by atoms with E-state index < -0.39 is 0 Å². The quantitative estimate of drug-likeness (QED) is 0.327. The van der Waals surface area contributed by atoms with Crippen molar-refractivity contribution in [3.8, 4) is 11.5 Å². The molecule has 1 aliphatic heterocycles. The van der Waals surface area contributed by atoms with Crippen molar-refractivity contribution in [3.63, 3.8) is 0 Å². The summed E-state index contributed by atoms with van der Waals surface area (Å²) < 4.78 is 17.5. The first-order valence-corrected chi connectivity index (χ1v) is 14.2. The summed E-state index contributed by atoms with van der Waals surface area (Å²) in [6.45, 7) is 1.58. The zero-order chi connectivity index (χ0) is 27.6. The normalized spacial score (nSPS) is 17.8. The van der Waals surface area contributed by atoms with Gasteiger partial charge in [-0.1, -0.05) is 48.5 Å². The van der Waals surface area contributed by atoms with Crippen molar-refractivity contribution in [1.82, 2.24) is 4.90 Å². The maximum atomic E-state index is 13.5. The van der Waals surface area contributed by atoms with Crippen LogP contribution in [-0.4, -0.2) is 43.8 Å². The van der Waals surface area contributed by atoms with E-state index in [4.69, 9.17) is 14.2 Å². The second-order valence-corrected chi connectivity index (χ2v) is 10.7. The number of methoxy groups -OCH3 is 2. The van der Waals surface area contributed by atoms with Gasteiger partial charge in [0.15, 0.2) is 23.1 Å². The van der Waals surface area contributed by atoms with Gasteiger partial charge in [-0.15, -0.1) is 0 Å². The van der Waals surface area contributed by atoms with Crippen LogP contribution in [0.4, 0.5) is 0 Å². The van der Waals surface area contributed by atoms with Crippen LogP contribution in [0.2, 0.25) is 0 Å². The zero-order valence-corrected chi connectivity index (χ0v) is 23.2. The number of hydrogen-bond acceptors (Lipinski definition) is 6. The van der Waals surface area contributed by atoms with Crippen molar-refractivity contribution < 1.29 is 23.8 Å². The van der Waals surface area contributed by atoms with Crippen molar-refractivity contribution in [2.24, 2.45) is 0 Å². The fourth-order valence-corrected chi connectivity index (χ4v) is 6.56. The highest BCUT2D eigenvalue weighted by molar-refractivity contribution is 6.06. The summed E-state index contributed by atoms with van der Waals surface area (Å²) in [5.74, 6) is 1.11. The van der Waals surface area contributed by atoms with Gasteiger partial charge >= 0.3 is 0 Å². The van der Waals surface area contributed by atoms with Crippen molar-refractivity contribution in [3.05, 3.63) is 94.3 Å². The minimum Gasteiger partial charge on any atom is -0.493 e. The van der Waals surface area contributed by atoms with Gasteiger partial charge in [-0.3, -0.25) is 9.59 Å². The zero-order valence-electron chi connectivity index (χ0n) is 23.2. The molecule has 6 rings (SSSR count). The maximum absolute atomic E-state index is 13.5. The van der Waals surface area contributed by atoms with E-state index in [0.717, 1.165) is 64.7 Å². The lowest BCUT2D eigenvalue weighted by atomic mass is 9.71. The molecule has 6 nitrogen and oxygen atoms in total. The standard InChI is InChI=1S/C34H35NO5/c1-38-19-18-35-26-12-6-14-28(36)33(26)32(34-27(35)13-7-15-29(34)37)23-16-17-30(31(20-23)39-2)40-21-24-10-5-9-22-8-3-4-11-25(22)24/h3-5,8-11,16-17,20,32H,6-7,12-15,18-19,21H2,1-2H3. The lowest BCUT2D eigenvalue weighted by Gasteiger charge is -2.44. The molecular formula is C34H35NO5. The molecule has 3 aliphatic rings. The molecular weight excluding hydrogens is 502 g/mol. The van der Waals surface area contributed by atoms with Crippen LogP contribution in [0.25, 0.3) is 10.8 Å². The molecule has 0 bridgehead atoms. The third-order valence-electron chi connectivity index (χ3n) is 8.39. The van der Waals surface area contributed by atoms with Crippen LogP contribution in [0.3, 0.4) is 0 Å². The highest BCUT2D eigenvalue weighted by Crippen LogP contribution is 2.50. The number of benzene rings is 3. The molecule has 0 N–H and O–H groups in total. The average Bonchev–Trinajstić information content (AvgIpc) is 2.98. The Kier molecular flexibility index (Phi) is 7.44. The summed E-state index contributed by atoms with van der Waals surface area (Å²) in [5, 5.41) is 2.33. The molecule has 0 radical (unpaired) electrons. The summed E-state index contributed by atoms with van der Waals surface area (Å²) in [4.78, 5) is 29.2. The van der Waals surface area contributed by atoms with E-state index >= 15 is 0 Å². The third kappa shape index (κ3) is 4.71. The number of Topliss-reactive ketones (excluding diaryl/α,β-unsaturated/α-hetero) is 2. The molecule has 3 aromatic carbocycles. The Hall–Kier alpha value is -3.90. The smallest absolute Gasteiger partial charge is 0.161 e. The minimum atomic E-state index is -0.384. The molecule has 0 amide bonds. The molecule has 40 heavy (non-hydrogen) atoms. The SMILES string of the molecule is COCCN1C2=C(C(=O)CCC2)C(c2ccc(OCc3cccc4ccccc34)c(OC)c2)C2=C1CCCC2=O. The van der Waals surface area contributed by atoms with Gasteiger partial charge in [-0.2, -0.15) is 0 Å². The minimum absolute atomic E-state index is 0.133. The van der Waals surface area contributed by atoms with Gasteiger partial charge in [-0.05, 0) is 59.7 Å². The lowest BCUT2D eigenvalue weighted by Crippen LogP contribution is -2.40. The first-order chi connectivity index (χ1) is 19.6. The number of carbonyl (C=O) groups excluding carboxylic acids is 2. The number of ether oxygens (including phenoxy) is 3. The van der Waals surface area contributed by atoms with Crippen LogP contribution in [0.5, 0.6) is 11.5 Å². The Morgan fingerprint density at radius 1 is 0.800 bits per heavy atom. The molecule has 0 saturated heterocycles. The highest BCUT2D eigenvalue weighted by Gasteiger charge is 2.43. The highest BCUT2D eigenvalue weighted by atomic mass is 16.5. The van der Waals surface area contributed by atoms with Gasteiger partial charge in [0.05, 0.1) is 13.7 Å². The molecule has 3 aromatic rings. The molecule has 206 valence electrons. The topological polar surface area (TPSA) is 65.1 Å². The second kappa shape index (κ2) is 11.3. The second-order valence-electron chi connectivity index (χ2n) is 10.7. The van der Waals surface area contributed by atoms with Crippen LogP contribution >= 0.6 is 0 Å². The molecule has 0 aromatic heterocycles. The number of fused-ring (bicyclic) bond motifs is 1. The maximum Gasteiger partial charge on any atom is 0.161 e. The summed E-state index contributed by atoms with van der Waals surface area (Å²) in [6.07, 6.45) is 4.33. The first-order valence-electron chi connectivity index (χ1n) is 14.2. The van der Waals surface area contributed by atoms with Gasteiger partial charge in [0.1, 0.15) is 6.61 Å². The van der Waals surface area contributed by atoms with Gasteiger partial charge in [-0.25, -0.2) is 0 Å². The Labute approximate surface area is 235 Å². The molecule has 0 unspecified atom stereocenters. The summed E-state index contributed by atoms with van der Waals surface area (Å²) >= 11 is 0. The van der Waals surface area contributed by atoms with E-state index in [1.165, 1.54) is 5.39 Å². The van der Waals surface area contributed by atoms with E-state index in [2.05, 4.69) is 29.2 Å². The largest absolute Gasteiger partial charge is 0.493 e. The summed E-state index contributed by atoms with van der Waals surface area (Å²) in [7, 11) is 3.32. The van der Waals surface area contributed by atoms with Crippen molar-refractivity contribution >= 4 is 22.3 Å². The van der Waals surface area contributed by atoms with E-state index in [1.54, 1.807) is 14.2 Å². The predicted octanol–water partition coefficient (Wildman–Crippen LogP) is 6.49. The Balaban J connectivity index is 1.38. The fraction of sp³-hybridized carbons (Fsp3) is 0.353. The van der Waals surface area contributed by atoms with Gasteiger partial charge in [0.2, 0.25) is 0 Å². The van der Waals surface area contributed by atoms with Crippen molar-refractivity contribution in [1.29, 1.82) is 0 Å². The molecule has 0 saturated carbocycles. The predicted molar refractivity (Wildman–Crippen MR) is 154 cm³/mol. The molecule has 0 fully saturated rings. The molecule has 0 spiro atoms. The number of nitrogens with zero attached hydrogens (tertiary/aromatic N) is 1. The Morgan fingerprint density at radius 2 is 1.50 bits per heavy atom. The fourth-order valence-electron chi connectivity index (χ4n) is 6.56. The van der Waals surface area contributed by atoms with Crippen molar-refractivity contribution in [2.75, 3.05) is 27.4 Å². The van der Waals surface area contributed by atoms with E-state index in [1.807, 2.05) is 36.4 Å². The summed E-state index contributed by atoms with van der Waals surface area (Å²) in [6, 6.07) is 20.3. The van der Waals surface area contributed by atoms with E-state index in [9.17, 15) is 9.59 Å².